The fourth-order valence-electron chi connectivity index (χ4n) is 2.64. The number of carboxylic acids is 1. The number of piperidine rings is 1. The Kier molecular flexibility index (Phi) is 6.00. The van der Waals surface area contributed by atoms with Crippen LogP contribution in [0.25, 0.3) is 0 Å². The van der Waals surface area contributed by atoms with E-state index in [0.29, 0.717) is 32.4 Å². The number of nitrogens with zero attached hydrogens (tertiary/aromatic N) is 1. The lowest BCUT2D eigenvalue weighted by Crippen LogP contribution is -2.50. The van der Waals surface area contributed by atoms with E-state index < -0.39 is 21.2 Å². The summed E-state index contributed by atoms with van der Waals surface area (Å²) in [7, 11) is -3.10. The number of hydrogen-bond acceptors (Lipinski definition) is 4. The minimum Gasteiger partial charge on any atom is -0.481 e. The second-order valence-electron chi connectivity index (χ2n) is 5.68. The van der Waals surface area contributed by atoms with Crippen LogP contribution < -0.4 is 5.32 Å². The van der Waals surface area contributed by atoms with Gasteiger partial charge >= 0.3 is 12.0 Å². The number of amides is 2. The predicted octanol–water partition coefficient (Wildman–Crippen LogP) is 0.708. The Morgan fingerprint density at radius 1 is 1.29 bits per heavy atom. The van der Waals surface area contributed by atoms with E-state index in [9.17, 15) is 23.1 Å². The summed E-state index contributed by atoms with van der Waals surface area (Å²) in [6, 6.07) is -0.325. The summed E-state index contributed by atoms with van der Waals surface area (Å²) in [5, 5.41) is 11.9. The highest BCUT2D eigenvalue weighted by atomic mass is 32.2. The molecule has 0 spiro atoms. The van der Waals surface area contributed by atoms with E-state index in [1.807, 2.05) is 6.92 Å². The minimum absolute atomic E-state index is 0.0766. The van der Waals surface area contributed by atoms with Crippen molar-refractivity contribution in [1.29, 1.82) is 0 Å². The summed E-state index contributed by atoms with van der Waals surface area (Å²) >= 11 is 0. The smallest absolute Gasteiger partial charge is 0.317 e. The van der Waals surface area contributed by atoms with E-state index in [4.69, 9.17) is 0 Å². The van der Waals surface area contributed by atoms with Gasteiger partial charge in [0, 0.05) is 25.9 Å². The topological polar surface area (TPSA) is 104 Å². The molecule has 7 nitrogen and oxygen atoms in total. The first-order valence-corrected chi connectivity index (χ1v) is 9.20. The first-order chi connectivity index (χ1) is 9.70. The standard InChI is InChI=1S/C13H24N2O5S/c1-3-4-13(11(16)17)5-8-15(9-6-13)12(18)14-7-10-21(2,19)20/h3-10H2,1-2H3,(H,14,18)(H,16,17). The van der Waals surface area contributed by atoms with Crippen LogP contribution in [0, 0.1) is 5.41 Å². The van der Waals surface area contributed by atoms with Crippen LogP contribution in [0.2, 0.25) is 0 Å². The molecule has 1 heterocycles. The predicted molar refractivity (Wildman–Crippen MR) is 78.9 cm³/mol. The third kappa shape index (κ3) is 5.18. The Balaban J connectivity index is 2.48. The largest absolute Gasteiger partial charge is 0.481 e. The Labute approximate surface area is 125 Å². The average Bonchev–Trinajstić information content (AvgIpc) is 2.38. The van der Waals surface area contributed by atoms with E-state index in [0.717, 1.165) is 12.7 Å². The van der Waals surface area contributed by atoms with Crippen LogP contribution in [-0.2, 0) is 14.6 Å². The van der Waals surface area contributed by atoms with Crippen molar-refractivity contribution in [3.8, 4) is 0 Å². The molecule has 0 aliphatic carbocycles. The van der Waals surface area contributed by atoms with Crippen molar-refractivity contribution in [2.24, 2.45) is 5.41 Å². The molecule has 1 rings (SSSR count). The van der Waals surface area contributed by atoms with Gasteiger partial charge in [-0.15, -0.1) is 0 Å². The highest BCUT2D eigenvalue weighted by Crippen LogP contribution is 2.36. The van der Waals surface area contributed by atoms with Crippen molar-refractivity contribution in [3.63, 3.8) is 0 Å². The molecule has 1 aliphatic heterocycles. The van der Waals surface area contributed by atoms with Crippen LogP contribution in [0.15, 0.2) is 0 Å². The zero-order valence-electron chi connectivity index (χ0n) is 12.6. The van der Waals surface area contributed by atoms with Crippen molar-refractivity contribution in [3.05, 3.63) is 0 Å². The fourth-order valence-corrected chi connectivity index (χ4v) is 3.12. The Bertz CT molecular complexity index is 481. The number of nitrogens with one attached hydrogen (secondary N) is 1. The van der Waals surface area contributed by atoms with Crippen LogP contribution in [0.1, 0.15) is 32.6 Å². The maximum Gasteiger partial charge on any atom is 0.317 e. The number of carbonyl (C=O) groups is 2. The summed E-state index contributed by atoms with van der Waals surface area (Å²) < 4.78 is 22.0. The molecule has 0 aromatic rings. The molecular formula is C13H24N2O5S. The van der Waals surface area contributed by atoms with Crippen LogP contribution in [0.5, 0.6) is 0 Å². The highest BCUT2D eigenvalue weighted by Gasteiger charge is 2.41. The van der Waals surface area contributed by atoms with Crippen LogP contribution in [0.4, 0.5) is 4.79 Å². The lowest BCUT2D eigenvalue weighted by Gasteiger charge is -2.38. The Hall–Kier alpha value is -1.31. The Morgan fingerprint density at radius 2 is 1.86 bits per heavy atom. The molecule has 0 unspecified atom stereocenters. The van der Waals surface area contributed by atoms with E-state index in [-0.39, 0.29) is 18.3 Å². The SMILES string of the molecule is CCCC1(C(=O)O)CCN(C(=O)NCCS(C)(=O)=O)CC1. The molecule has 0 aromatic heterocycles. The zero-order valence-corrected chi connectivity index (χ0v) is 13.4. The Morgan fingerprint density at radius 3 is 2.29 bits per heavy atom. The minimum atomic E-state index is -3.10. The van der Waals surface area contributed by atoms with Gasteiger partial charge in [-0.25, -0.2) is 13.2 Å². The molecule has 0 saturated carbocycles. The van der Waals surface area contributed by atoms with E-state index in [1.165, 1.54) is 0 Å². The molecule has 1 saturated heterocycles. The summed E-state index contributed by atoms with van der Waals surface area (Å²) in [5.74, 6) is -0.886. The number of sulfone groups is 1. The van der Waals surface area contributed by atoms with Crippen molar-refractivity contribution in [2.45, 2.75) is 32.6 Å². The average molecular weight is 320 g/mol. The zero-order chi connectivity index (χ0) is 16.1. The van der Waals surface area contributed by atoms with Crippen LogP contribution >= 0.6 is 0 Å². The van der Waals surface area contributed by atoms with Gasteiger partial charge in [-0.1, -0.05) is 13.3 Å². The van der Waals surface area contributed by atoms with Crippen LogP contribution in [-0.4, -0.2) is 62.1 Å². The summed E-state index contributed by atoms with van der Waals surface area (Å²) in [4.78, 5) is 24.9. The highest BCUT2D eigenvalue weighted by molar-refractivity contribution is 7.90. The number of urea groups is 1. The number of hydrogen-bond donors (Lipinski definition) is 2. The molecule has 122 valence electrons. The molecule has 0 radical (unpaired) electrons. The normalized spacial score (nSPS) is 18.3. The summed E-state index contributed by atoms with van der Waals surface area (Å²) in [5.41, 5.74) is -0.724. The van der Waals surface area contributed by atoms with Crippen molar-refractivity contribution >= 4 is 21.8 Å². The number of carboxylic acid groups (broad SMARTS) is 1. The van der Waals surface area contributed by atoms with Crippen molar-refractivity contribution in [2.75, 3.05) is 31.6 Å². The molecule has 2 amide bonds. The van der Waals surface area contributed by atoms with Gasteiger partial charge in [0.05, 0.1) is 11.2 Å². The van der Waals surface area contributed by atoms with E-state index in [1.54, 1.807) is 4.90 Å². The second kappa shape index (κ2) is 7.11. The monoisotopic (exact) mass is 320 g/mol. The van der Waals surface area contributed by atoms with Gasteiger partial charge in [0.2, 0.25) is 0 Å². The molecule has 0 bridgehead atoms. The first kappa shape index (κ1) is 17.7. The summed E-state index contributed by atoms with van der Waals surface area (Å²) in [6.45, 7) is 2.80. The maximum absolute atomic E-state index is 11.9. The molecule has 2 N–H and O–H groups in total. The molecular weight excluding hydrogens is 296 g/mol. The van der Waals surface area contributed by atoms with Gasteiger partial charge in [-0.05, 0) is 19.3 Å². The number of likely N-dealkylation sites (tertiary alicyclic amines) is 1. The third-order valence-corrected chi connectivity index (χ3v) is 4.88. The van der Waals surface area contributed by atoms with E-state index >= 15 is 0 Å². The van der Waals surface area contributed by atoms with E-state index in [2.05, 4.69) is 5.32 Å². The van der Waals surface area contributed by atoms with Gasteiger partial charge in [-0.2, -0.15) is 0 Å². The fraction of sp³-hybridized carbons (Fsp3) is 0.846. The quantitative estimate of drug-likeness (QED) is 0.750. The molecule has 1 aliphatic rings. The molecule has 0 atom stereocenters. The molecule has 8 heteroatoms. The molecule has 0 aromatic carbocycles. The third-order valence-electron chi connectivity index (χ3n) is 3.94. The second-order valence-corrected chi connectivity index (χ2v) is 7.94. The maximum atomic E-state index is 11.9. The lowest BCUT2D eigenvalue weighted by molar-refractivity contribution is -0.152. The lowest BCUT2D eigenvalue weighted by atomic mass is 9.75. The van der Waals surface area contributed by atoms with Crippen molar-refractivity contribution < 1.29 is 23.1 Å². The van der Waals surface area contributed by atoms with Gasteiger partial charge in [0.25, 0.3) is 0 Å². The first-order valence-electron chi connectivity index (χ1n) is 7.14. The van der Waals surface area contributed by atoms with Gasteiger partial charge < -0.3 is 15.3 Å². The van der Waals surface area contributed by atoms with Crippen molar-refractivity contribution in [1.82, 2.24) is 10.2 Å². The van der Waals surface area contributed by atoms with Gasteiger partial charge in [0.1, 0.15) is 9.84 Å². The molecule has 21 heavy (non-hydrogen) atoms. The molecule has 1 fully saturated rings. The van der Waals surface area contributed by atoms with Crippen LogP contribution in [0.3, 0.4) is 0 Å². The van der Waals surface area contributed by atoms with Gasteiger partial charge in [-0.3, -0.25) is 4.79 Å². The number of carbonyl (C=O) groups excluding carboxylic acids is 1. The number of aliphatic carboxylic acids is 1. The number of rotatable bonds is 6. The summed E-state index contributed by atoms with van der Waals surface area (Å²) in [6.07, 6.45) is 3.41. The van der Waals surface area contributed by atoms with Gasteiger partial charge in [0.15, 0.2) is 0 Å².